The number of benzene rings is 1. The van der Waals surface area contributed by atoms with Gasteiger partial charge in [-0.2, -0.15) is 15.4 Å². The molecule has 2 rings (SSSR count). The molecule has 4 N–H and O–H groups in total. The highest BCUT2D eigenvalue weighted by Crippen LogP contribution is 2.22. The van der Waals surface area contributed by atoms with Crippen molar-refractivity contribution in [2.24, 2.45) is 5.84 Å². The van der Waals surface area contributed by atoms with E-state index in [4.69, 9.17) is 5.84 Å². The number of nitrogens with one attached hydrogen (secondary N) is 2. The third-order valence-electron chi connectivity index (χ3n) is 2.63. The van der Waals surface area contributed by atoms with Crippen molar-refractivity contribution in [3.05, 3.63) is 46.8 Å². The Bertz CT molecular complexity index is 463. The third kappa shape index (κ3) is 1.95. The van der Waals surface area contributed by atoms with E-state index in [0.717, 1.165) is 11.3 Å². The van der Waals surface area contributed by atoms with Crippen LogP contribution in [0.25, 0.3) is 0 Å². The molecule has 1 atom stereocenters. The average Bonchev–Trinajstić information content (AvgIpc) is 2.75. The molecule has 0 saturated heterocycles. The number of hydrogen-bond acceptors (Lipinski definition) is 4. The molecule has 1 aromatic heterocycles. The SMILES string of the molecule is Cc1ccc(C(NN)c2cn[nH]n2)c(C)c1. The van der Waals surface area contributed by atoms with Crippen LogP contribution >= 0.6 is 0 Å². The Morgan fingerprint density at radius 3 is 2.75 bits per heavy atom. The van der Waals surface area contributed by atoms with E-state index in [0.29, 0.717) is 0 Å². The predicted octanol–water partition coefficient (Wildman–Crippen LogP) is 0.974. The van der Waals surface area contributed by atoms with Crippen LogP contribution in [0.15, 0.2) is 24.4 Å². The molecule has 16 heavy (non-hydrogen) atoms. The van der Waals surface area contributed by atoms with Crippen molar-refractivity contribution in [3.63, 3.8) is 0 Å². The van der Waals surface area contributed by atoms with Gasteiger partial charge in [-0.25, -0.2) is 5.43 Å². The van der Waals surface area contributed by atoms with Gasteiger partial charge in [0.1, 0.15) is 5.69 Å². The average molecular weight is 217 g/mol. The standard InChI is InChI=1S/C11H15N5/c1-7-3-4-9(8(2)5-7)11(14-12)10-6-13-16-15-10/h3-6,11,14H,12H2,1-2H3,(H,13,15,16). The molecule has 2 aromatic rings. The topological polar surface area (TPSA) is 79.6 Å². The van der Waals surface area contributed by atoms with Gasteiger partial charge in [0.15, 0.2) is 0 Å². The Kier molecular flexibility index (Phi) is 2.98. The van der Waals surface area contributed by atoms with Gasteiger partial charge in [-0.1, -0.05) is 23.8 Å². The highest BCUT2D eigenvalue weighted by Gasteiger charge is 2.16. The quantitative estimate of drug-likeness (QED) is 0.529. The number of nitrogens with two attached hydrogens (primary N) is 1. The predicted molar refractivity (Wildman–Crippen MR) is 61.5 cm³/mol. The lowest BCUT2D eigenvalue weighted by Crippen LogP contribution is -2.29. The Morgan fingerprint density at radius 1 is 1.38 bits per heavy atom. The first kappa shape index (κ1) is 10.8. The number of H-pyrrole nitrogens is 1. The van der Waals surface area contributed by atoms with Gasteiger partial charge in [0.2, 0.25) is 0 Å². The lowest BCUT2D eigenvalue weighted by Gasteiger charge is -2.16. The second-order valence-corrected chi connectivity index (χ2v) is 3.85. The van der Waals surface area contributed by atoms with Gasteiger partial charge in [-0.05, 0) is 25.0 Å². The number of aromatic amines is 1. The molecule has 0 aliphatic carbocycles. The number of aryl methyl sites for hydroxylation is 2. The Hall–Kier alpha value is -1.72. The summed E-state index contributed by atoms with van der Waals surface area (Å²) in [4.78, 5) is 0. The van der Waals surface area contributed by atoms with E-state index < -0.39 is 0 Å². The van der Waals surface area contributed by atoms with Gasteiger partial charge in [0.05, 0.1) is 12.2 Å². The van der Waals surface area contributed by atoms with Crippen LogP contribution < -0.4 is 11.3 Å². The van der Waals surface area contributed by atoms with Gasteiger partial charge in [0.25, 0.3) is 0 Å². The van der Waals surface area contributed by atoms with Gasteiger partial charge < -0.3 is 0 Å². The third-order valence-corrected chi connectivity index (χ3v) is 2.63. The van der Waals surface area contributed by atoms with E-state index in [9.17, 15) is 0 Å². The first-order valence-electron chi connectivity index (χ1n) is 5.11. The smallest absolute Gasteiger partial charge is 0.105 e. The summed E-state index contributed by atoms with van der Waals surface area (Å²) in [6.45, 7) is 4.13. The summed E-state index contributed by atoms with van der Waals surface area (Å²) in [6.07, 6.45) is 1.67. The molecule has 0 aliphatic rings. The van der Waals surface area contributed by atoms with Crippen molar-refractivity contribution in [1.29, 1.82) is 0 Å². The molecule has 0 amide bonds. The summed E-state index contributed by atoms with van der Waals surface area (Å²) >= 11 is 0. The normalized spacial score (nSPS) is 12.7. The van der Waals surface area contributed by atoms with Gasteiger partial charge in [-0.15, -0.1) is 0 Å². The van der Waals surface area contributed by atoms with Crippen LogP contribution in [0.2, 0.25) is 0 Å². The summed E-state index contributed by atoms with van der Waals surface area (Å²) in [5.41, 5.74) is 7.08. The second kappa shape index (κ2) is 4.42. The second-order valence-electron chi connectivity index (χ2n) is 3.85. The molecule has 0 fully saturated rings. The van der Waals surface area contributed by atoms with Crippen molar-refractivity contribution >= 4 is 0 Å². The van der Waals surface area contributed by atoms with Crippen LogP contribution in [0.1, 0.15) is 28.4 Å². The number of hydrogen-bond donors (Lipinski definition) is 3. The van der Waals surface area contributed by atoms with Crippen LogP contribution in [0, 0.1) is 13.8 Å². The van der Waals surface area contributed by atoms with E-state index in [1.54, 1.807) is 6.20 Å². The van der Waals surface area contributed by atoms with Crippen LogP contribution in [0.5, 0.6) is 0 Å². The minimum Gasteiger partial charge on any atom is -0.271 e. The maximum Gasteiger partial charge on any atom is 0.105 e. The Morgan fingerprint density at radius 2 is 2.19 bits per heavy atom. The first-order chi connectivity index (χ1) is 7.72. The summed E-state index contributed by atoms with van der Waals surface area (Å²) < 4.78 is 0. The maximum absolute atomic E-state index is 5.57. The zero-order chi connectivity index (χ0) is 11.5. The van der Waals surface area contributed by atoms with Crippen LogP contribution in [0.4, 0.5) is 0 Å². The summed E-state index contributed by atoms with van der Waals surface area (Å²) in [5, 5.41) is 10.4. The zero-order valence-corrected chi connectivity index (χ0v) is 9.36. The van der Waals surface area contributed by atoms with E-state index >= 15 is 0 Å². The molecule has 0 saturated carbocycles. The highest BCUT2D eigenvalue weighted by atomic mass is 15.3. The molecule has 5 heteroatoms. The van der Waals surface area contributed by atoms with E-state index in [2.05, 4.69) is 52.9 Å². The summed E-state index contributed by atoms with van der Waals surface area (Å²) in [7, 11) is 0. The maximum atomic E-state index is 5.57. The molecule has 0 spiro atoms. The fraction of sp³-hybridized carbons (Fsp3) is 0.273. The van der Waals surface area contributed by atoms with Crippen molar-refractivity contribution in [2.75, 3.05) is 0 Å². The largest absolute Gasteiger partial charge is 0.271 e. The Balaban J connectivity index is 2.41. The number of aromatic nitrogens is 3. The molecule has 1 unspecified atom stereocenters. The van der Waals surface area contributed by atoms with Crippen molar-refractivity contribution in [2.45, 2.75) is 19.9 Å². The van der Waals surface area contributed by atoms with Gasteiger partial charge >= 0.3 is 0 Å². The molecular formula is C11H15N5. The van der Waals surface area contributed by atoms with Crippen LogP contribution in [-0.2, 0) is 0 Å². The highest BCUT2D eigenvalue weighted by molar-refractivity contribution is 5.36. The minimum absolute atomic E-state index is 0.126. The van der Waals surface area contributed by atoms with E-state index in [1.807, 2.05) is 0 Å². The van der Waals surface area contributed by atoms with Crippen LogP contribution in [-0.4, -0.2) is 15.4 Å². The fourth-order valence-electron chi connectivity index (χ4n) is 1.83. The number of rotatable bonds is 3. The van der Waals surface area contributed by atoms with E-state index in [-0.39, 0.29) is 6.04 Å². The molecule has 1 aromatic carbocycles. The molecule has 1 heterocycles. The first-order valence-corrected chi connectivity index (χ1v) is 5.11. The molecule has 5 nitrogen and oxygen atoms in total. The molecule has 0 aliphatic heterocycles. The van der Waals surface area contributed by atoms with Crippen molar-refractivity contribution in [3.8, 4) is 0 Å². The lowest BCUT2D eigenvalue weighted by molar-refractivity contribution is 0.615. The minimum atomic E-state index is -0.126. The monoisotopic (exact) mass is 217 g/mol. The molecule has 84 valence electrons. The van der Waals surface area contributed by atoms with Crippen molar-refractivity contribution < 1.29 is 0 Å². The van der Waals surface area contributed by atoms with Gasteiger partial charge in [0, 0.05) is 0 Å². The number of nitrogens with zero attached hydrogens (tertiary/aromatic N) is 2. The molecule has 0 bridgehead atoms. The zero-order valence-electron chi connectivity index (χ0n) is 9.36. The van der Waals surface area contributed by atoms with Gasteiger partial charge in [-0.3, -0.25) is 5.84 Å². The molecular weight excluding hydrogens is 202 g/mol. The summed E-state index contributed by atoms with van der Waals surface area (Å²) in [5.74, 6) is 5.57. The summed E-state index contributed by atoms with van der Waals surface area (Å²) in [6, 6.07) is 6.12. The fourth-order valence-corrected chi connectivity index (χ4v) is 1.83. The van der Waals surface area contributed by atoms with Crippen LogP contribution in [0.3, 0.4) is 0 Å². The lowest BCUT2D eigenvalue weighted by atomic mass is 9.98. The Labute approximate surface area is 94.0 Å². The van der Waals surface area contributed by atoms with Crippen molar-refractivity contribution in [1.82, 2.24) is 20.8 Å². The number of hydrazine groups is 1. The van der Waals surface area contributed by atoms with E-state index in [1.165, 1.54) is 11.1 Å². The molecule has 0 radical (unpaired) electrons.